The maximum atomic E-state index is 12.0. The first-order chi connectivity index (χ1) is 9.43. The number of benzene rings is 1. The first-order valence-electron chi connectivity index (χ1n) is 7.04. The Morgan fingerprint density at radius 1 is 1.30 bits per heavy atom. The first-order valence-corrected chi connectivity index (χ1v) is 7.04. The lowest BCUT2D eigenvalue weighted by atomic mass is 9.84. The van der Waals surface area contributed by atoms with Gasteiger partial charge in [0.05, 0.1) is 0 Å². The van der Waals surface area contributed by atoms with Crippen LogP contribution in [0.1, 0.15) is 44.2 Å². The molecule has 1 fully saturated rings. The normalized spacial score (nSPS) is 17.4. The number of carbonyl (C=O) groups is 2. The van der Waals surface area contributed by atoms with Crippen LogP contribution in [0.3, 0.4) is 0 Å². The minimum absolute atomic E-state index is 0.0600. The first kappa shape index (κ1) is 14.6. The molecule has 1 aliphatic carbocycles. The van der Waals surface area contributed by atoms with E-state index in [9.17, 15) is 14.7 Å². The van der Waals surface area contributed by atoms with Crippen LogP contribution in [0.5, 0.6) is 0 Å². The summed E-state index contributed by atoms with van der Waals surface area (Å²) >= 11 is 0. The lowest BCUT2D eigenvalue weighted by molar-refractivity contribution is -0.161. The third-order valence-electron chi connectivity index (χ3n) is 4.06. The average Bonchev–Trinajstić information content (AvgIpc) is 3.20. The van der Waals surface area contributed by atoms with Crippen molar-refractivity contribution >= 4 is 11.9 Å². The molecule has 1 saturated carbocycles. The molecular weight excluding hydrogens is 254 g/mol. The molecule has 1 aromatic rings. The number of carboxylic acids is 1. The van der Waals surface area contributed by atoms with Gasteiger partial charge in [-0.2, -0.15) is 0 Å². The minimum Gasteiger partial charge on any atom is -0.479 e. The number of aryl methyl sites for hydroxylation is 1. The Kier molecular flexibility index (Phi) is 3.84. The molecule has 4 nitrogen and oxygen atoms in total. The summed E-state index contributed by atoms with van der Waals surface area (Å²) in [5.74, 6) is -1.12. The predicted octanol–water partition coefficient (Wildman–Crippen LogP) is 2.70. The van der Waals surface area contributed by atoms with Gasteiger partial charge in [0.15, 0.2) is 5.54 Å². The van der Waals surface area contributed by atoms with Gasteiger partial charge in [0, 0.05) is 13.0 Å². The molecule has 0 radical (unpaired) electrons. The molecule has 0 aromatic heterocycles. The van der Waals surface area contributed by atoms with Gasteiger partial charge in [-0.1, -0.05) is 36.8 Å². The van der Waals surface area contributed by atoms with E-state index in [1.807, 2.05) is 38.1 Å². The Morgan fingerprint density at radius 3 is 2.20 bits per heavy atom. The number of rotatable bonds is 5. The van der Waals surface area contributed by atoms with E-state index in [2.05, 4.69) is 0 Å². The minimum atomic E-state index is -1.25. The predicted molar refractivity (Wildman–Crippen MR) is 76.3 cm³/mol. The second-order valence-corrected chi connectivity index (χ2v) is 5.51. The van der Waals surface area contributed by atoms with E-state index in [1.54, 1.807) is 4.90 Å². The fraction of sp³-hybridized carbons (Fsp3) is 0.500. The molecule has 0 bridgehead atoms. The molecule has 2 rings (SSSR count). The molecule has 1 atom stereocenters. The zero-order valence-electron chi connectivity index (χ0n) is 12.2. The zero-order valence-corrected chi connectivity index (χ0v) is 12.2. The molecule has 4 heteroatoms. The SMILES string of the molecule is CCC(C(=O)O)(c1ccc(C)cc1)N(C(C)=O)C1CC1. The molecule has 0 spiro atoms. The molecule has 1 aliphatic rings. The van der Waals surface area contributed by atoms with Crippen molar-refractivity contribution in [2.45, 2.75) is 51.6 Å². The number of amides is 1. The molecule has 1 N–H and O–H groups in total. The lowest BCUT2D eigenvalue weighted by Crippen LogP contribution is -2.54. The lowest BCUT2D eigenvalue weighted by Gasteiger charge is -2.40. The smallest absolute Gasteiger partial charge is 0.334 e. The number of nitrogens with zero attached hydrogens (tertiary/aromatic N) is 1. The fourth-order valence-corrected chi connectivity index (χ4v) is 2.89. The Labute approximate surface area is 119 Å². The summed E-state index contributed by atoms with van der Waals surface area (Å²) in [6.07, 6.45) is 2.14. The van der Waals surface area contributed by atoms with Crippen LogP contribution in [0, 0.1) is 6.92 Å². The summed E-state index contributed by atoms with van der Waals surface area (Å²) in [4.78, 5) is 25.6. The van der Waals surface area contributed by atoms with Crippen molar-refractivity contribution in [1.29, 1.82) is 0 Å². The van der Waals surface area contributed by atoms with E-state index in [0.717, 1.165) is 18.4 Å². The van der Waals surface area contributed by atoms with Crippen LogP contribution in [0.4, 0.5) is 0 Å². The van der Waals surface area contributed by atoms with Gasteiger partial charge in [-0.3, -0.25) is 4.79 Å². The summed E-state index contributed by atoms with van der Waals surface area (Å²) < 4.78 is 0. The highest BCUT2D eigenvalue weighted by Gasteiger charge is 2.51. The van der Waals surface area contributed by atoms with Crippen LogP contribution in [-0.2, 0) is 15.1 Å². The van der Waals surface area contributed by atoms with E-state index in [1.165, 1.54) is 6.92 Å². The molecule has 0 saturated heterocycles. The summed E-state index contributed by atoms with van der Waals surface area (Å²) in [6, 6.07) is 7.50. The average molecular weight is 275 g/mol. The van der Waals surface area contributed by atoms with Crippen molar-refractivity contribution in [3.8, 4) is 0 Å². The van der Waals surface area contributed by atoms with Crippen molar-refractivity contribution in [1.82, 2.24) is 4.90 Å². The zero-order chi connectivity index (χ0) is 14.9. The van der Waals surface area contributed by atoms with Crippen LogP contribution >= 0.6 is 0 Å². The van der Waals surface area contributed by atoms with Crippen molar-refractivity contribution in [2.24, 2.45) is 0 Å². The van der Waals surface area contributed by atoms with Gasteiger partial charge < -0.3 is 10.0 Å². The van der Waals surface area contributed by atoms with Crippen LogP contribution in [-0.4, -0.2) is 27.9 Å². The number of hydrogen-bond acceptors (Lipinski definition) is 2. The number of aliphatic carboxylic acids is 1. The maximum absolute atomic E-state index is 12.0. The van der Waals surface area contributed by atoms with Gasteiger partial charge in [-0.25, -0.2) is 4.79 Å². The van der Waals surface area contributed by atoms with E-state index >= 15 is 0 Å². The second-order valence-electron chi connectivity index (χ2n) is 5.51. The number of carboxylic acid groups (broad SMARTS) is 1. The fourth-order valence-electron chi connectivity index (χ4n) is 2.89. The maximum Gasteiger partial charge on any atom is 0.334 e. The van der Waals surface area contributed by atoms with E-state index in [4.69, 9.17) is 0 Å². The molecule has 1 amide bonds. The van der Waals surface area contributed by atoms with E-state index in [-0.39, 0.29) is 11.9 Å². The van der Waals surface area contributed by atoms with Crippen LogP contribution in [0.15, 0.2) is 24.3 Å². The van der Waals surface area contributed by atoms with Gasteiger partial charge >= 0.3 is 5.97 Å². The van der Waals surface area contributed by atoms with Crippen LogP contribution in [0.25, 0.3) is 0 Å². The largest absolute Gasteiger partial charge is 0.479 e. The van der Waals surface area contributed by atoms with Crippen molar-refractivity contribution in [3.63, 3.8) is 0 Å². The van der Waals surface area contributed by atoms with E-state index < -0.39 is 11.5 Å². The highest BCUT2D eigenvalue weighted by Crippen LogP contribution is 2.41. The van der Waals surface area contributed by atoms with Crippen molar-refractivity contribution in [3.05, 3.63) is 35.4 Å². The van der Waals surface area contributed by atoms with Gasteiger partial charge in [-0.15, -0.1) is 0 Å². The third-order valence-corrected chi connectivity index (χ3v) is 4.06. The Hall–Kier alpha value is -1.84. The summed E-state index contributed by atoms with van der Waals surface area (Å²) in [6.45, 7) is 5.24. The number of hydrogen-bond donors (Lipinski definition) is 1. The highest BCUT2D eigenvalue weighted by atomic mass is 16.4. The summed E-state index contributed by atoms with van der Waals surface area (Å²) in [5.41, 5.74) is 0.505. The molecule has 20 heavy (non-hydrogen) atoms. The highest BCUT2D eigenvalue weighted by molar-refractivity contribution is 5.87. The molecule has 108 valence electrons. The molecule has 1 aromatic carbocycles. The molecule has 1 unspecified atom stereocenters. The second kappa shape index (κ2) is 5.27. The summed E-state index contributed by atoms with van der Waals surface area (Å²) in [5, 5.41) is 9.85. The van der Waals surface area contributed by atoms with Gasteiger partial charge in [0.25, 0.3) is 0 Å². The Morgan fingerprint density at radius 2 is 1.85 bits per heavy atom. The third kappa shape index (κ3) is 2.30. The molecular formula is C16H21NO3. The number of carbonyl (C=O) groups excluding carboxylic acids is 1. The van der Waals surface area contributed by atoms with Crippen molar-refractivity contribution in [2.75, 3.05) is 0 Å². The van der Waals surface area contributed by atoms with Gasteiger partial charge in [0.2, 0.25) is 5.91 Å². The van der Waals surface area contributed by atoms with Gasteiger partial charge in [-0.05, 0) is 31.7 Å². The summed E-state index contributed by atoms with van der Waals surface area (Å²) in [7, 11) is 0. The monoisotopic (exact) mass is 275 g/mol. The van der Waals surface area contributed by atoms with Crippen LogP contribution in [0.2, 0.25) is 0 Å². The topological polar surface area (TPSA) is 57.6 Å². The Balaban J connectivity index is 2.56. The van der Waals surface area contributed by atoms with E-state index in [0.29, 0.717) is 12.0 Å². The van der Waals surface area contributed by atoms with Crippen molar-refractivity contribution < 1.29 is 14.7 Å². The standard InChI is InChI=1S/C16H21NO3/c1-4-16(15(19)20,13-7-5-11(2)6-8-13)17(12(3)18)14-9-10-14/h5-8,14H,4,9-10H2,1-3H3,(H,19,20). The Bertz CT molecular complexity index is 519. The quantitative estimate of drug-likeness (QED) is 0.898. The van der Waals surface area contributed by atoms with Crippen LogP contribution < -0.4 is 0 Å². The molecule has 0 aliphatic heterocycles. The van der Waals surface area contributed by atoms with Gasteiger partial charge in [0.1, 0.15) is 0 Å². The molecule has 0 heterocycles.